The second-order valence-electron chi connectivity index (χ2n) is 5.62. The molecule has 0 radical (unpaired) electrons. The van der Waals surface area contributed by atoms with Crippen molar-refractivity contribution < 1.29 is 0 Å². The van der Waals surface area contributed by atoms with Crippen molar-refractivity contribution in [1.82, 2.24) is 4.90 Å². The van der Waals surface area contributed by atoms with E-state index in [1.807, 2.05) is 0 Å². The van der Waals surface area contributed by atoms with E-state index in [-0.39, 0.29) is 0 Å². The van der Waals surface area contributed by atoms with Crippen molar-refractivity contribution in [1.29, 1.82) is 0 Å². The summed E-state index contributed by atoms with van der Waals surface area (Å²) in [5, 5.41) is 0. The fourth-order valence-corrected chi connectivity index (χ4v) is 2.48. The average Bonchev–Trinajstić information content (AvgIpc) is 2.40. The van der Waals surface area contributed by atoms with E-state index in [2.05, 4.69) is 25.7 Å². The molecule has 1 heteroatoms. The Morgan fingerprint density at radius 2 is 0.889 bits per heavy atom. The highest BCUT2D eigenvalue weighted by Crippen LogP contribution is 2.09. The second kappa shape index (κ2) is 15.0. The van der Waals surface area contributed by atoms with Gasteiger partial charge in [-0.1, -0.05) is 78.6 Å². The number of rotatable bonds is 14. The molecule has 0 rings (SSSR count). The molecular formula is C17H37N. The van der Waals surface area contributed by atoms with E-state index < -0.39 is 0 Å². The molecule has 0 bridgehead atoms. The minimum Gasteiger partial charge on any atom is -0.304 e. The molecule has 0 amide bonds. The topological polar surface area (TPSA) is 3.24 Å². The molecule has 0 heterocycles. The molecular weight excluding hydrogens is 218 g/mol. The minimum atomic E-state index is 1.24. The van der Waals surface area contributed by atoms with E-state index in [1.165, 1.54) is 90.3 Å². The molecule has 0 spiro atoms. The SMILES string of the molecule is CCCCCCCCCCN(CC)CCCCC. The van der Waals surface area contributed by atoms with Crippen LogP contribution in [0.4, 0.5) is 0 Å². The number of hydrogen-bond donors (Lipinski definition) is 0. The summed E-state index contributed by atoms with van der Waals surface area (Å²) in [6.07, 6.45) is 15.6. The lowest BCUT2D eigenvalue weighted by molar-refractivity contribution is 0.274. The average molecular weight is 255 g/mol. The Bertz CT molecular complexity index is 145. The van der Waals surface area contributed by atoms with E-state index in [0.29, 0.717) is 0 Å². The van der Waals surface area contributed by atoms with Crippen LogP contribution in [0.15, 0.2) is 0 Å². The molecule has 0 atom stereocenters. The summed E-state index contributed by atoms with van der Waals surface area (Å²) in [6, 6.07) is 0. The Kier molecular flexibility index (Phi) is 15.0. The van der Waals surface area contributed by atoms with Crippen LogP contribution in [-0.4, -0.2) is 24.5 Å². The van der Waals surface area contributed by atoms with E-state index in [9.17, 15) is 0 Å². The second-order valence-corrected chi connectivity index (χ2v) is 5.62. The summed E-state index contributed by atoms with van der Waals surface area (Å²) in [7, 11) is 0. The van der Waals surface area contributed by atoms with Gasteiger partial charge in [0.15, 0.2) is 0 Å². The van der Waals surface area contributed by atoms with Crippen LogP contribution in [0.1, 0.15) is 91.4 Å². The van der Waals surface area contributed by atoms with Crippen molar-refractivity contribution in [3.05, 3.63) is 0 Å². The fraction of sp³-hybridized carbons (Fsp3) is 1.00. The van der Waals surface area contributed by atoms with Gasteiger partial charge in [0.2, 0.25) is 0 Å². The third-order valence-electron chi connectivity index (χ3n) is 3.85. The standard InChI is InChI=1S/C17H37N/c1-4-7-9-10-11-12-13-15-17-18(6-3)16-14-8-5-2/h4-17H2,1-3H3. The zero-order valence-corrected chi connectivity index (χ0v) is 13.3. The molecule has 0 aliphatic rings. The van der Waals surface area contributed by atoms with Crippen LogP contribution in [0.25, 0.3) is 0 Å². The first kappa shape index (κ1) is 18.0. The number of unbranched alkanes of at least 4 members (excludes halogenated alkanes) is 9. The predicted molar refractivity (Wildman–Crippen MR) is 84.2 cm³/mol. The van der Waals surface area contributed by atoms with Crippen LogP contribution >= 0.6 is 0 Å². The normalized spacial score (nSPS) is 11.3. The van der Waals surface area contributed by atoms with Crippen LogP contribution in [0, 0.1) is 0 Å². The van der Waals surface area contributed by atoms with E-state index in [1.54, 1.807) is 0 Å². The molecule has 0 aromatic rings. The summed E-state index contributed by atoms with van der Waals surface area (Å²) >= 11 is 0. The molecule has 0 aromatic carbocycles. The summed E-state index contributed by atoms with van der Waals surface area (Å²) in [4.78, 5) is 2.63. The van der Waals surface area contributed by atoms with Gasteiger partial charge >= 0.3 is 0 Å². The van der Waals surface area contributed by atoms with Gasteiger partial charge in [0.25, 0.3) is 0 Å². The van der Waals surface area contributed by atoms with Crippen LogP contribution < -0.4 is 0 Å². The number of hydrogen-bond acceptors (Lipinski definition) is 1. The van der Waals surface area contributed by atoms with Crippen LogP contribution in [-0.2, 0) is 0 Å². The van der Waals surface area contributed by atoms with Crippen LogP contribution in [0.2, 0.25) is 0 Å². The maximum atomic E-state index is 2.63. The molecule has 0 aliphatic heterocycles. The van der Waals surface area contributed by atoms with E-state index >= 15 is 0 Å². The third-order valence-corrected chi connectivity index (χ3v) is 3.85. The lowest BCUT2D eigenvalue weighted by Gasteiger charge is -2.20. The van der Waals surface area contributed by atoms with E-state index in [4.69, 9.17) is 0 Å². The first-order chi connectivity index (χ1) is 8.85. The zero-order chi connectivity index (χ0) is 13.5. The molecule has 0 fully saturated rings. The summed E-state index contributed by atoms with van der Waals surface area (Å²) in [5.41, 5.74) is 0. The van der Waals surface area contributed by atoms with Crippen LogP contribution in [0.3, 0.4) is 0 Å². The highest BCUT2D eigenvalue weighted by Gasteiger charge is 2.01. The molecule has 0 N–H and O–H groups in total. The first-order valence-corrected chi connectivity index (χ1v) is 8.57. The first-order valence-electron chi connectivity index (χ1n) is 8.57. The van der Waals surface area contributed by atoms with Gasteiger partial charge in [-0.3, -0.25) is 0 Å². The van der Waals surface area contributed by atoms with Crippen molar-refractivity contribution in [2.75, 3.05) is 19.6 Å². The fourth-order valence-electron chi connectivity index (χ4n) is 2.48. The molecule has 0 aliphatic carbocycles. The highest BCUT2D eigenvalue weighted by molar-refractivity contribution is 4.56. The van der Waals surface area contributed by atoms with Crippen molar-refractivity contribution >= 4 is 0 Å². The Hall–Kier alpha value is -0.0400. The smallest absolute Gasteiger partial charge is 0.00189 e. The number of nitrogens with zero attached hydrogens (tertiary/aromatic N) is 1. The molecule has 18 heavy (non-hydrogen) atoms. The quantitative estimate of drug-likeness (QED) is 0.363. The molecule has 0 saturated carbocycles. The van der Waals surface area contributed by atoms with Gasteiger partial charge < -0.3 is 4.90 Å². The summed E-state index contributed by atoms with van der Waals surface area (Å²) in [6.45, 7) is 10.8. The maximum Gasteiger partial charge on any atom is -0.00189 e. The lowest BCUT2D eigenvalue weighted by Crippen LogP contribution is -2.25. The third kappa shape index (κ3) is 12.4. The Morgan fingerprint density at radius 1 is 0.500 bits per heavy atom. The van der Waals surface area contributed by atoms with Gasteiger partial charge in [-0.2, -0.15) is 0 Å². The van der Waals surface area contributed by atoms with Gasteiger partial charge in [0.1, 0.15) is 0 Å². The zero-order valence-electron chi connectivity index (χ0n) is 13.3. The van der Waals surface area contributed by atoms with Crippen molar-refractivity contribution in [2.45, 2.75) is 91.4 Å². The molecule has 0 unspecified atom stereocenters. The molecule has 0 aromatic heterocycles. The van der Waals surface area contributed by atoms with Gasteiger partial charge in [-0.25, -0.2) is 0 Å². The molecule has 110 valence electrons. The predicted octanol–water partition coefficient (Wildman–Crippen LogP) is 5.64. The lowest BCUT2D eigenvalue weighted by atomic mass is 10.1. The largest absolute Gasteiger partial charge is 0.304 e. The van der Waals surface area contributed by atoms with Gasteiger partial charge in [0, 0.05) is 0 Å². The Morgan fingerprint density at radius 3 is 1.39 bits per heavy atom. The van der Waals surface area contributed by atoms with Gasteiger partial charge in [-0.05, 0) is 32.5 Å². The molecule has 1 nitrogen and oxygen atoms in total. The highest BCUT2D eigenvalue weighted by atomic mass is 15.1. The minimum absolute atomic E-state index is 1.24. The van der Waals surface area contributed by atoms with Gasteiger partial charge in [-0.15, -0.1) is 0 Å². The molecule has 0 saturated heterocycles. The monoisotopic (exact) mass is 255 g/mol. The van der Waals surface area contributed by atoms with Crippen molar-refractivity contribution in [3.63, 3.8) is 0 Å². The van der Waals surface area contributed by atoms with Crippen LogP contribution in [0.5, 0.6) is 0 Å². The van der Waals surface area contributed by atoms with Crippen molar-refractivity contribution in [3.8, 4) is 0 Å². The van der Waals surface area contributed by atoms with Gasteiger partial charge in [0.05, 0.1) is 0 Å². The Labute approximate surface area is 116 Å². The Balaban J connectivity index is 3.23. The summed E-state index contributed by atoms with van der Waals surface area (Å²) < 4.78 is 0. The maximum absolute atomic E-state index is 2.63. The summed E-state index contributed by atoms with van der Waals surface area (Å²) in [5.74, 6) is 0. The van der Waals surface area contributed by atoms with E-state index in [0.717, 1.165) is 0 Å². The van der Waals surface area contributed by atoms with Crippen molar-refractivity contribution in [2.24, 2.45) is 0 Å².